The second-order valence-electron chi connectivity index (χ2n) is 5.04. The molecule has 0 aromatic carbocycles. The van der Waals surface area contributed by atoms with Crippen molar-refractivity contribution in [2.24, 2.45) is 12.8 Å². The number of hydrogen-bond acceptors (Lipinski definition) is 3. The minimum atomic E-state index is 0.141. The predicted octanol–water partition coefficient (Wildman–Crippen LogP) is 2.54. The van der Waals surface area contributed by atoms with Crippen LogP contribution in [0.15, 0.2) is 0 Å². The minimum absolute atomic E-state index is 0.141. The Hall–Kier alpha value is -0.190. The largest absolute Gasteiger partial charge is 0.326 e. The van der Waals surface area contributed by atoms with Crippen molar-refractivity contribution in [2.45, 2.75) is 43.9 Å². The molecule has 2 rings (SSSR count). The summed E-state index contributed by atoms with van der Waals surface area (Å²) >= 11 is 8.26. The number of nitrogens with zero attached hydrogens (tertiary/aromatic N) is 2. The maximum absolute atomic E-state index is 6.37. The standard InChI is InChI=1S/C12H20ClN3S/c1-8-11(13)9(16(3)15-8)7-10(14)12(2)5-4-6-17-12/h10H,4-7,14H2,1-3H3. The lowest BCUT2D eigenvalue weighted by Gasteiger charge is -2.30. The van der Waals surface area contributed by atoms with E-state index in [4.69, 9.17) is 17.3 Å². The van der Waals surface area contributed by atoms with Crippen molar-refractivity contribution in [3.8, 4) is 0 Å². The molecule has 2 N–H and O–H groups in total. The lowest BCUT2D eigenvalue weighted by Crippen LogP contribution is -2.43. The number of aromatic nitrogens is 2. The summed E-state index contributed by atoms with van der Waals surface area (Å²) in [4.78, 5) is 0. The first kappa shape index (κ1) is 13.2. The smallest absolute Gasteiger partial charge is 0.0847 e. The third-order valence-electron chi connectivity index (χ3n) is 3.71. The highest BCUT2D eigenvalue weighted by molar-refractivity contribution is 8.00. The molecule has 2 heterocycles. The summed E-state index contributed by atoms with van der Waals surface area (Å²) in [5.74, 6) is 1.22. The van der Waals surface area contributed by atoms with E-state index in [-0.39, 0.29) is 10.8 Å². The van der Waals surface area contributed by atoms with E-state index in [1.54, 1.807) is 0 Å². The molecule has 0 spiro atoms. The van der Waals surface area contributed by atoms with Crippen molar-refractivity contribution in [1.82, 2.24) is 9.78 Å². The Morgan fingerprint density at radius 3 is 2.82 bits per heavy atom. The molecular weight excluding hydrogens is 254 g/mol. The third kappa shape index (κ3) is 2.49. The van der Waals surface area contributed by atoms with E-state index in [1.807, 2.05) is 30.4 Å². The Kier molecular flexibility index (Phi) is 3.76. The van der Waals surface area contributed by atoms with Gasteiger partial charge in [-0.25, -0.2) is 0 Å². The van der Waals surface area contributed by atoms with Gasteiger partial charge in [-0.2, -0.15) is 16.9 Å². The highest BCUT2D eigenvalue weighted by Crippen LogP contribution is 2.41. The number of thioether (sulfide) groups is 1. The summed E-state index contributed by atoms with van der Waals surface area (Å²) in [5, 5.41) is 5.11. The number of rotatable bonds is 3. The van der Waals surface area contributed by atoms with E-state index in [0.29, 0.717) is 0 Å². The van der Waals surface area contributed by atoms with Gasteiger partial charge < -0.3 is 5.73 Å². The molecule has 3 nitrogen and oxygen atoms in total. The van der Waals surface area contributed by atoms with E-state index in [2.05, 4.69) is 12.0 Å². The van der Waals surface area contributed by atoms with Gasteiger partial charge >= 0.3 is 0 Å². The Balaban J connectivity index is 2.15. The second-order valence-corrected chi connectivity index (χ2v) is 7.05. The van der Waals surface area contributed by atoms with Gasteiger partial charge in [-0.05, 0) is 32.4 Å². The molecule has 1 fully saturated rings. The van der Waals surface area contributed by atoms with E-state index in [9.17, 15) is 0 Å². The molecule has 0 amide bonds. The van der Waals surface area contributed by atoms with Gasteiger partial charge in [0, 0.05) is 24.3 Å². The molecule has 0 saturated carbocycles. The van der Waals surface area contributed by atoms with Crippen LogP contribution >= 0.6 is 23.4 Å². The van der Waals surface area contributed by atoms with Gasteiger partial charge in [0.05, 0.1) is 16.4 Å². The van der Waals surface area contributed by atoms with Crippen LogP contribution in [0.25, 0.3) is 0 Å². The SMILES string of the molecule is Cc1nn(C)c(CC(N)C2(C)CCCS2)c1Cl. The lowest BCUT2D eigenvalue weighted by atomic mass is 9.93. The van der Waals surface area contributed by atoms with Gasteiger partial charge in [-0.1, -0.05) is 11.6 Å². The quantitative estimate of drug-likeness (QED) is 0.920. The predicted molar refractivity (Wildman–Crippen MR) is 74.7 cm³/mol. The van der Waals surface area contributed by atoms with Crippen molar-refractivity contribution in [1.29, 1.82) is 0 Å². The molecule has 2 unspecified atom stereocenters. The minimum Gasteiger partial charge on any atom is -0.326 e. The average Bonchev–Trinajstić information content (AvgIpc) is 2.80. The maximum atomic E-state index is 6.37. The molecule has 1 saturated heterocycles. The second kappa shape index (κ2) is 4.82. The summed E-state index contributed by atoms with van der Waals surface area (Å²) in [6, 6.07) is 0.141. The molecule has 1 aromatic heterocycles. The van der Waals surface area contributed by atoms with Gasteiger partial charge in [0.25, 0.3) is 0 Å². The Labute approximate surface area is 112 Å². The third-order valence-corrected chi connectivity index (χ3v) is 5.86. The van der Waals surface area contributed by atoms with Gasteiger partial charge in [-0.3, -0.25) is 4.68 Å². The molecule has 0 radical (unpaired) electrons. The number of aryl methyl sites for hydroxylation is 2. The van der Waals surface area contributed by atoms with Gasteiger partial charge in [0.15, 0.2) is 0 Å². The molecular formula is C12H20ClN3S. The summed E-state index contributed by atoms with van der Waals surface area (Å²) in [5.41, 5.74) is 8.32. The van der Waals surface area contributed by atoms with Gasteiger partial charge in [0.1, 0.15) is 0 Å². The van der Waals surface area contributed by atoms with Crippen LogP contribution in [0.5, 0.6) is 0 Å². The average molecular weight is 274 g/mol. The first-order valence-electron chi connectivity index (χ1n) is 6.01. The summed E-state index contributed by atoms with van der Waals surface area (Å²) in [7, 11) is 1.94. The number of halogens is 1. The fourth-order valence-corrected chi connectivity index (χ4v) is 4.00. The van der Waals surface area contributed by atoms with Crippen LogP contribution in [0.4, 0.5) is 0 Å². The first-order chi connectivity index (χ1) is 7.94. The maximum Gasteiger partial charge on any atom is 0.0847 e. The number of hydrogen-bond donors (Lipinski definition) is 1. The van der Waals surface area contributed by atoms with Crippen LogP contribution in [-0.2, 0) is 13.5 Å². The summed E-state index contributed by atoms with van der Waals surface area (Å²) in [6.07, 6.45) is 3.28. The molecule has 5 heteroatoms. The van der Waals surface area contributed by atoms with E-state index >= 15 is 0 Å². The molecule has 1 aromatic rings. The molecule has 1 aliphatic rings. The topological polar surface area (TPSA) is 43.8 Å². The van der Waals surface area contributed by atoms with Crippen LogP contribution in [0, 0.1) is 6.92 Å². The van der Waals surface area contributed by atoms with Crippen LogP contribution in [0.3, 0.4) is 0 Å². The Bertz CT molecular complexity index is 410. The number of nitrogens with two attached hydrogens (primary N) is 1. The van der Waals surface area contributed by atoms with Crippen molar-refractivity contribution in [3.63, 3.8) is 0 Å². The van der Waals surface area contributed by atoms with E-state index in [0.717, 1.165) is 22.8 Å². The Morgan fingerprint density at radius 1 is 1.65 bits per heavy atom. The highest BCUT2D eigenvalue weighted by atomic mass is 35.5. The van der Waals surface area contributed by atoms with E-state index in [1.165, 1.54) is 18.6 Å². The van der Waals surface area contributed by atoms with Crippen molar-refractivity contribution in [2.75, 3.05) is 5.75 Å². The monoisotopic (exact) mass is 273 g/mol. The van der Waals surface area contributed by atoms with Crippen LogP contribution in [-0.4, -0.2) is 26.3 Å². The normalized spacial score (nSPS) is 26.4. The highest BCUT2D eigenvalue weighted by Gasteiger charge is 2.36. The lowest BCUT2D eigenvalue weighted by molar-refractivity contribution is 0.471. The molecule has 17 heavy (non-hydrogen) atoms. The molecule has 1 aliphatic heterocycles. The van der Waals surface area contributed by atoms with Gasteiger partial charge in [-0.15, -0.1) is 0 Å². The Morgan fingerprint density at radius 2 is 2.35 bits per heavy atom. The fraction of sp³-hybridized carbons (Fsp3) is 0.750. The zero-order valence-electron chi connectivity index (χ0n) is 10.7. The zero-order valence-corrected chi connectivity index (χ0v) is 12.2. The van der Waals surface area contributed by atoms with Crippen LogP contribution < -0.4 is 5.73 Å². The summed E-state index contributed by atoms with van der Waals surface area (Å²) in [6.45, 7) is 4.20. The molecule has 0 aliphatic carbocycles. The fourth-order valence-electron chi connectivity index (χ4n) is 2.42. The zero-order chi connectivity index (χ0) is 12.6. The van der Waals surface area contributed by atoms with Crippen LogP contribution in [0.1, 0.15) is 31.2 Å². The molecule has 0 bridgehead atoms. The molecule has 2 atom stereocenters. The van der Waals surface area contributed by atoms with Crippen molar-refractivity contribution in [3.05, 3.63) is 16.4 Å². The first-order valence-corrected chi connectivity index (χ1v) is 7.38. The van der Waals surface area contributed by atoms with Crippen molar-refractivity contribution >= 4 is 23.4 Å². The van der Waals surface area contributed by atoms with Crippen molar-refractivity contribution < 1.29 is 0 Å². The van der Waals surface area contributed by atoms with Crippen LogP contribution in [0.2, 0.25) is 5.02 Å². The summed E-state index contributed by atoms with van der Waals surface area (Å²) < 4.78 is 2.06. The van der Waals surface area contributed by atoms with E-state index < -0.39 is 0 Å². The molecule has 96 valence electrons. The van der Waals surface area contributed by atoms with Gasteiger partial charge in [0.2, 0.25) is 0 Å².